The van der Waals surface area contributed by atoms with Gasteiger partial charge in [-0.1, -0.05) is 11.6 Å². The fourth-order valence-electron chi connectivity index (χ4n) is 2.90. The van der Waals surface area contributed by atoms with Gasteiger partial charge in [0, 0.05) is 51.9 Å². The van der Waals surface area contributed by atoms with Crippen LogP contribution in [0.2, 0.25) is 0 Å². The van der Waals surface area contributed by atoms with Gasteiger partial charge >= 0.3 is 0 Å². The number of hydrogen-bond donors (Lipinski definition) is 0. The summed E-state index contributed by atoms with van der Waals surface area (Å²) in [4.78, 5) is 17.7. The van der Waals surface area contributed by atoms with E-state index in [-0.39, 0.29) is 6.10 Å². The molecule has 7 heteroatoms. The molecule has 2 fully saturated rings. The highest BCUT2D eigenvalue weighted by Gasteiger charge is 2.28. The van der Waals surface area contributed by atoms with Crippen molar-refractivity contribution in [1.82, 2.24) is 14.7 Å². The molecule has 0 aliphatic carbocycles. The van der Waals surface area contributed by atoms with Crippen molar-refractivity contribution in [1.29, 1.82) is 0 Å². The lowest BCUT2D eigenvalue weighted by Crippen LogP contribution is -2.54. The summed E-state index contributed by atoms with van der Waals surface area (Å²) < 4.78 is 18.6. The Bertz CT molecular complexity index is 349. The number of rotatable bonds is 4. The number of piperazine rings is 1. The minimum absolute atomic E-state index is 0.213. The third kappa shape index (κ3) is 4.77. The zero-order chi connectivity index (χ0) is 15.4. The van der Waals surface area contributed by atoms with Crippen LogP contribution in [0.15, 0.2) is 0 Å². The summed E-state index contributed by atoms with van der Waals surface area (Å²) in [7, 11) is 0. The fraction of sp³-hybridized carbons (Fsp3) is 0.929. The first kappa shape index (κ1) is 16.9. The zero-order valence-electron chi connectivity index (χ0n) is 12.8. The molecule has 0 saturated carbocycles. The Labute approximate surface area is 130 Å². The first-order valence-corrected chi connectivity index (χ1v) is 8.06. The van der Waals surface area contributed by atoms with E-state index in [4.69, 9.17) is 16.3 Å². The van der Waals surface area contributed by atoms with Gasteiger partial charge in [-0.05, 0) is 13.8 Å². The van der Waals surface area contributed by atoms with E-state index in [1.165, 1.54) is 4.90 Å². The molecular formula is C14H25ClFN3O2. The quantitative estimate of drug-likeness (QED) is 0.717. The van der Waals surface area contributed by atoms with Crippen LogP contribution in [-0.4, -0.2) is 90.8 Å². The minimum Gasteiger partial charge on any atom is -0.374 e. The Hall–Kier alpha value is -0.430. The van der Waals surface area contributed by atoms with Crippen LogP contribution in [-0.2, 0) is 9.53 Å². The largest absolute Gasteiger partial charge is 0.374 e. The molecule has 0 radical (unpaired) electrons. The molecule has 0 aromatic carbocycles. The molecule has 0 aromatic heterocycles. The highest BCUT2D eigenvalue weighted by atomic mass is 35.5. The zero-order valence-corrected chi connectivity index (χ0v) is 13.6. The molecule has 0 aromatic rings. The predicted molar refractivity (Wildman–Crippen MR) is 80.2 cm³/mol. The van der Waals surface area contributed by atoms with Gasteiger partial charge in [0.15, 0.2) is 0 Å². The van der Waals surface area contributed by atoms with Gasteiger partial charge in [0.25, 0.3) is 11.5 Å². The maximum Gasteiger partial charge on any atom is 0.272 e. The molecule has 2 unspecified atom stereocenters. The number of hydrogen-bond acceptors (Lipinski definition) is 4. The fourth-order valence-corrected chi connectivity index (χ4v) is 3.04. The summed E-state index contributed by atoms with van der Waals surface area (Å²) in [6.45, 7) is 10.5. The molecule has 2 saturated heterocycles. The normalized spacial score (nSPS) is 27.1. The van der Waals surface area contributed by atoms with Gasteiger partial charge in [-0.2, -0.15) is 0 Å². The van der Waals surface area contributed by atoms with Gasteiger partial charge in [-0.25, -0.2) is 4.39 Å². The Kier molecular flexibility index (Phi) is 6.22. The molecule has 122 valence electrons. The number of amides is 1. The third-order valence-electron chi connectivity index (χ3n) is 4.23. The standard InChI is InChI=1S/C14H25ClFN3O2/c1-11(2)19-7-8-21-12(10-19)9-17-3-5-18(6-4-17)14(20)13(15)16/h11-13H,3-10H2,1-2H3. The predicted octanol–water partition coefficient (Wildman–Crippen LogP) is 0.774. The third-order valence-corrected chi connectivity index (χ3v) is 4.42. The van der Waals surface area contributed by atoms with Crippen molar-refractivity contribution in [2.75, 3.05) is 52.4 Å². The number of halogens is 2. The van der Waals surface area contributed by atoms with E-state index in [0.29, 0.717) is 19.1 Å². The van der Waals surface area contributed by atoms with Crippen LogP contribution in [0.25, 0.3) is 0 Å². The lowest BCUT2D eigenvalue weighted by atomic mass is 10.2. The first-order chi connectivity index (χ1) is 9.97. The highest BCUT2D eigenvalue weighted by molar-refractivity contribution is 6.29. The summed E-state index contributed by atoms with van der Waals surface area (Å²) in [6.07, 6.45) is 0.213. The van der Waals surface area contributed by atoms with E-state index in [1.807, 2.05) is 0 Å². The van der Waals surface area contributed by atoms with Crippen LogP contribution < -0.4 is 0 Å². The maximum absolute atomic E-state index is 12.8. The molecular weight excluding hydrogens is 297 g/mol. The van der Waals surface area contributed by atoms with Crippen molar-refractivity contribution in [2.45, 2.75) is 31.6 Å². The van der Waals surface area contributed by atoms with E-state index in [9.17, 15) is 9.18 Å². The summed E-state index contributed by atoms with van der Waals surface area (Å²) >= 11 is 5.20. The monoisotopic (exact) mass is 321 g/mol. The highest BCUT2D eigenvalue weighted by Crippen LogP contribution is 2.13. The smallest absolute Gasteiger partial charge is 0.272 e. The Morgan fingerprint density at radius 2 is 1.95 bits per heavy atom. The molecule has 2 heterocycles. The van der Waals surface area contributed by atoms with Gasteiger partial charge in [0.2, 0.25) is 0 Å². The molecule has 21 heavy (non-hydrogen) atoms. The molecule has 5 nitrogen and oxygen atoms in total. The molecule has 2 rings (SSSR count). The van der Waals surface area contributed by atoms with Crippen LogP contribution in [0.4, 0.5) is 4.39 Å². The molecule has 0 spiro atoms. The van der Waals surface area contributed by atoms with E-state index in [2.05, 4.69) is 23.6 Å². The summed E-state index contributed by atoms with van der Waals surface area (Å²) in [5.74, 6) is -0.615. The summed E-state index contributed by atoms with van der Waals surface area (Å²) in [5.41, 5.74) is -1.92. The van der Waals surface area contributed by atoms with E-state index < -0.39 is 11.5 Å². The van der Waals surface area contributed by atoms with Gasteiger partial charge < -0.3 is 9.64 Å². The molecule has 2 aliphatic rings. The Morgan fingerprint density at radius 3 is 2.52 bits per heavy atom. The van der Waals surface area contributed by atoms with Crippen molar-refractivity contribution in [3.8, 4) is 0 Å². The first-order valence-electron chi connectivity index (χ1n) is 7.62. The van der Waals surface area contributed by atoms with Gasteiger partial charge in [-0.15, -0.1) is 0 Å². The van der Waals surface area contributed by atoms with Crippen molar-refractivity contribution in [3.63, 3.8) is 0 Å². The SMILES string of the molecule is CC(C)N1CCOC(CN2CCN(C(=O)C(F)Cl)CC2)C1. The van der Waals surface area contributed by atoms with E-state index in [0.717, 1.165) is 39.3 Å². The number of carbonyl (C=O) groups is 1. The summed E-state index contributed by atoms with van der Waals surface area (Å²) in [6, 6.07) is 0.538. The Balaban J connectivity index is 1.74. The van der Waals surface area contributed by atoms with E-state index in [1.54, 1.807) is 0 Å². The molecule has 2 atom stereocenters. The van der Waals surface area contributed by atoms with E-state index >= 15 is 0 Å². The van der Waals surface area contributed by atoms with Crippen LogP contribution in [0, 0.1) is 0 Å². The van der Waals surface area contributed by atoms with Crippen LogP contribution >= 0.6 is 11.6 Å². The number of morpholine rings is 1. The minimum atomic E-state index is -1.92. The topological polar surface area (TPSA) is 36.0 Å². The van der Waals surface area contributed by atoms with Crippen molar-refractivity contribution < 1.29 is 13.9 Å². The number of ether oxygens (including phenoxy) is 1. The molecule has 2 aliphatic heterocycles. The van der Waals surface area contributed by atoms with Crippen LogP contribution in [0.3, 0.4) is 0 Å². The average molecular weight is 322 g/mol. The number of carbonyl (C=O) groups excluding carboxylic acids is 1. The van der Waals surface area contributed by atoms with Gasteiger partial charge in [-0.3, -0.25) is 14.6 Å². The van der Waals surface area contributed by atoms with Crippen LogP contribution in [0.5, 0.6) is 0 Å². The number of nitrogens with zero attached hydrogens (tertiary/aromatic N) is 3. The van der Waals surface area contributed by atoms with Gasteiger partial charge in [0.05, 0.1) is 12.7 Å². The van der Waals surface area contributed by atoms with Gasteiger partial charge in [0.1, 0.15) is 0 Å². The van der Waals surface area contributed by atoms with Crippen molar-refractivity contribution in [2.24, 2.45) is 0 Å². The molecule has 0 bridgehead atoms. The molecule has 1 amide bonds. The lowest BCUT2D eigenvalue weighted by molar-refractivity contribution is -0.135. The van der Waals surface area contributed by atoms with Crippen LogP contribution in [0.1, 0.15) is 13.8 Å². The second kappa shape index (κ2) is 7.72. The second-order valence-corrected chi connectivity index (χ2v) is 6.39. The average Bonchev–Trinajstić information content (AvgIpc) is 2.47. The molecule has 0 N–H and O–H groups in total. The van der Waals surface area contributed by atoms with Crippen molar-refractivity contribution >= 4 is 17.5 Å². The number of alkyl halides is 2. The maximum atomic E-state index is 12.8. The van der Waals surface area contributed by atoms with Crippen molar-refractivity contribution in [3.05, 3.63) is 0 Å². The second-order valence-electron chi connectivity index (χ2n) is 6.01. The lowest BCUT2D eigenvalue weighted by Gasteiger charge is -2.40. The Morgan fingerprint density at radius 1 is 1.29 bits per heavy atom. The summed E-state index contributed by atoms with van der Waals surface area (Å²) in [5, 5.41) is 0.